The molecule has 1 aliphatic carbocycles. The molecule has 0 aliphatic heterocycles. The molecule has 0 amide bonds. The molecule has 1 aliphatic rings. The Balaban J connectivity index is 1.99. The van der Waals surface area contributed by atoms with Crippen LogP contribution in [0, 0.1) is 5.92 Å². The first-order valence-electron chi connectivity index (χ1n) is 7.88. The average molecular weight is 260 g/mol. The Morgan fingerprint density at radius 2 is 2.11 bits per heavy atom. The van der Waals surface area contributed by atoms with E-state index in [1.165, 1.54) is 31.2 Å². The fraction of sp³-hybridized carbons (Fsp3) is 0.706. The van der Waals surface area contributed by atoms with E-state index in [0.29, 0.717) is 0 Å². The monoisotopic (exact) mass is 260 g/mol. The molecule has 1 saturated carbocycles. The summed E-state index contributed by atoms with van der Waals surface area (Å²) in [4.78, 5) is 4.58. The van der Waals surface area contributed by atoms with Gasteiger partial charge in [-0.1, -0.05) is 39.2 Å². The van der Waals surface area contributed by atoms with Gasteiger partial charge in [0, 0.05) is 23.9 Å². The van der Waals surface area contributed by atoms with Gasteiger partial charge in [0.1, 0.15) is 0 Å². The molecule has 0 saturated heterocycles. The first-order valence-corrected chi connectivity index (χ1v) is 7.88. The summed E-state index contributed by atoms with van der Waals surface area (Å²) in [5, 5.41) is 0. The lowest BCUT2D eigenvalue weighted by molar-refractivity contribution is 0.355. The molecule has 0 aromatic carbocycles. The molecule has 2 atom stereocenters. The smallest absolute Gasteiger partial charge is 0.0422 e. The fourth-order valence-electron chi connectivity index (χ4n) is 3.22. The molecule has 2 nitrogen and oxygen atoms in total. The van der Waals surface area contributed by atoms with Gasteiger partial charge < -0.3 is 5.73 Å². The van der Waals surface area contributed by atoms with Crippen molar-refractivity contribution in [3.05, 3.63) is 29.6 Å². The average Bonchev–Trinajstić information content (AvgIpc) is 2.61. The minimum atomic E-state index is -0.0232. The zero-order chi connectivity index (χ0) is 13.7. The Labute approximate surface area is 117 Å². The van der Waals surface area contributed by atoms with Gasteiger partial charge in [0.25, 0.3) is 0 Å². The molecule has 2 N–H and O–H groups in total. The van der Waals surface area contributed by atoms with Crippen molar-refractivity contribution < 1.29 is 0 Å². The van der Waals surface area contributed by atoms with Crippen LogP contribution in [0.25, 0.3) is 0 Å². The van der Waals surface area contributed by atoms with E-state index in [2.05, 4.69) is 31.0 Å². The van der Waals surface area contributed by atoms with Gasteiger partial charge in [-0.25, -0.2) is 0 Å². The van der Waals surface area contributed by atoms with Crippen LogP contribution in [0.2, 0.25) is 0 Å². The molecule has 0 radical (unpaired) electrons. The number of nitrogens with two attached hydrogens (primary N) is 1. The van der Waals surface area contributed by atoms with E-state index in [9.17, 15) is 0 Å². The van der Waals surface area contributed by atoms with Gasteiger partial charge in [0.15, 0.2) is 0 Å². The lowest BCUT2D eigenvalue weighted by Crippen LogP contribution is -2.41. The Bertz CT molecular complexity index is 385. The maximum Gasteiger partial charge on any atom is 0.0422 e. The third-order valence-electron chi connectivity index (χ3n) is 4.74. The molecule has 1 fully saturated rings. The predicted molar refractivity (Wildman–Crippen MR) is 81.1 cm³/mol. The van der Waals surface area contributed by atoms with Gasteiger partial charge in [-0.15, -0.1) is 0 Å². The highest BCUT2D eigenvalue weighted by Crippen LogP contribution is 2.32. The normalized spacial score (nSPS) is 28.1. The van der Waals surface area contributed by atoms with Gasteiger partial charge in [-0.2, -0.15) is 0 Å². The minimum absolute atomic E-state index is 0.0232. The number of hydrogen-bond donors (Lipinski definition) is 1. The van der Waals surface area contributed by atoms with Crippen molar-refractivity contribution in [2.24, 2.45) is 11.7 Å². The standard InChI is InChI=1S/C17H28N2/c1-3-14-6-5-10-17(18,11-9-14)12-16-8-7-15(4-2)13-19-16/h7-8,13-14H,3-6,9-12,18H2,1-2H3. The fourth-order valence-corrected chi connectivity index (χ4v) is 3.22. The first-order chi connectivity index (χ1) is 9.15. The van der Waals surface area contributed by atoms with E-state index in [1.54, 1.807) is 0 Å². The van der Waals surface area contributed by atoms with Crippen molar-refractivity contribution >= 4 is 0 Å². The van der Waals surface area contributed by atoms with E-state index >= 15 is 0 Å². The van der Waals surface area contributed by atoms with E-state index in [0.717, 1.165) is 37.3 Å². The molecular formula is C17H28N2. The maximum atomic E-state index is 6.64. The van der Waals surface area contributed by atoms with Gasteiger partial charge in [0.2, 0.25) is 0 Å². The van der Waals surface area contributed by atoms with Gasteiger partial charge >= 0.3 is 0 Å². The predicted octanol–water partition coefficient (Wildman–Crippen LogP) is 3.87. The summed E-state index contributed by atoms with van der Waals surface area (Å²) in [5.74, 6) is 0.890. The summed E-state index contributed by atoms with van der Waals surface area (Å²) >= 11 is 0. The van der Waals surface area contributed by atoms with Gasteiger partial charge in [-0.05, 0) is 43.2 Å². The lowest BCUT2D eigenvalue weighted by Gasteiger charge is -2.28. The Kier molecular flexibility index (Phi) is 4.98. The van der Waals surface area contributed by atoms with Crippen LogP contribution < -0.4 is 5.73 Å². The van der Waals surface area contributed by atoms with Crippen LogP contribution in [-0.2, 0) is 12.8 Å². The third-order valence-corrected chi connectivity index (χ3v) is 4.74. The van der Waals surface area contributed by atoms with Crippen LogP contribution in [0.3, 0.4) is 0 Å². The number of aromatic nitrogens is 1. The first kappa shape index (κ1) is 14.5. The molecule has 2 unspecified atom stereocenters. The summed E-state index contributed by atoms with van der Waals surface area (Å²) in [6.07, 6.45) is 11.5. The van der Waals surface area contributed by atoms with Crippen LogP contribution in [0.15, 0.2) is 18.3 Å². The van der Waals surface area contributed by atoms with Crippen molar-refractivity contribution in [3.8, 4) is 0 Å². The summed E-state index contributed by atoms with van der Waals surface area (Å²) in [6, 6.07) is 4.35. The second-order valence-electron chi connectivity index (χ2n) is 6.26. The summed E-state index contributed by atoms with van der Waals surface area (Å²) in [7, 11) is 0. The molecular weight excluding hydrogens is 232 g/mol. The van der Waals surface area contributed by atoms with Crippen LogP contribution in [0.5, 0.6) is 0 Å². The van der Waals surface area contributed by atoms with Crippen molar-refractivity contribution in [1.82, 2.24) is 4.98 Å². The van der Waals surface area contributed by atoms with E-state index in [-0.39, 0.29) is 5.54 Å². The van der Waals surface area contributed by atoms with Crippen molar-refractivity contribution in [2.45, 2.75) is 70.8 Å². The Hall–Kier alpha value is -0.890. The number of nitrogens with zero attached hydrogens (tertiary/aromatic N) is 1. The number of rotatable bonds is 4. The number of hydrogen-bond acceptors (Lipinski definition) is 2. The van der Waals surface area contributed by atoms with E-state index in [1.807, 2.05) is 6.20 Å². The Morgan fingerprint density at radius 3 is 2.74 bits per heavy atom. The van der Waals surface area contributed by atoms with Crippen molar-refractivity contribution in [3.63, 3.8) is 0 Å². The molecule has 0 spiro atoms. The molecule has 1 heterocycles. The highest BCUT2D eigenvalue weighted by atomic mass is 14.8. The quantitative estimate of drug-likeness (QED) is 0.835. The Morgan fingerprint density at radius 1 is 1.26 bits per heavy atom. The number of pyridine rings is 1. The van der Waals surface area contributed by atoms with E-state index < -0.39 is 0 Å². The van der Waals surface area contributed by atoms with Crippen LogP contribution >= 0.6 is 0 Å². The summed E-state index contributed by atoms with van der Waals surface area (Å²) < 4.78 is 0. The maximum absolute atomic E-state index is 6.64. The van der Waals surface area contributed by atoms with E-state index in [4.69, 9.17) is 5.73 Å². The topological polar surface area (TPSA) is 38.9 Å². The van der Waals surface area contributed by atoms with Crippen LogP contribution in [-0.4, -0.2) is 10.5 Å². The number of aryl methyl sites for hydroxylation is 1. The molecule has 2 heteroatoms. The molecule has 106 valence electrons. The van der Waals surface area contributed by atoms with Crippen molar-refractivity contribution in [2.75, 3.05) is 0 Å². The van der Waals surface area contributed by atoms with Gasteiger partial charge in [0.05, 0.1) is 0 Å². The largest absolute Gasteiger partial charge is 0.325 e. The molecule has 1 aromatic rings. The SMILES string of the molecule is CCc1ccc(CC2(N)CCCC(CC)CC2)nc1. The lowest BCUT2D eigenvalue weighted by atomic mass is 9.86. The molecule has 19 heavy (non-hydrogen) atoms. The van der Waals surface area contributed by atoms with Crippen LogP contribution in [0.1, 0.15) is 63.6 Å². The zero-order valence-corrected chi connectivity index (χ0v) is 12.5. The second kappa shape index (κ2) is 6.51. The highest BCUT2D eigenvalue weighted by molar-refractivity contribution is 5.16. The van der Waals surface area contributed by atoms with Crippen molar-refractivity contribution in [1.29, 1.82) is 0 Å². The minimum Gasteiger partial charge on any atom is -0.325 e. The zero-order valence-electron chi connectivity index (χ0n) is 12.5. The highest BCUT2D eigenvalue weighted by Gasteiger charge is 2.29. The molecule has 0 bridgehead atoms. The second-order valence-corrected chi connectivity index (χ2v) is 6.26. The summed E-state index contributed by atoms with van der Waals surface area (Å²) in [5.41, 5.74) is 9.08. The van der Waals surface area contributed by atoms with Crippen LogP contribution in [0.4, 0.5) is 0 Å². The van der Waals surface area contributed by atoms with Gasteiger partial charge in [-0.3, -0.25) is 4.98 Å². The summed E-state index contributed by atoms with van der Waals surface area (Å²) in [6.45, 7) is 4.47. The molecule has 1 aromatic heterocycles. The molecule has 2 rings (SSSR count). The third kappa shape index (κ3) is 4.04.